The maximum absolute atomic E-state index is 12.6. The summed E-state index contributed by atoms with van der Waals surface area (Å²) in [5.41, 5.74) is 1.65. The van der Waals surface area contributed by atoms with E-state index in [9.17, 15) is 8.78 Å². The van der Waals surface area contributed by atoms with Crippen molar-refractivity contribution in [1.29, 1.82) is 0 Å². The lowest BCUT2D eigenvalue weighted by Gasteiger charge is -2.10. The average molecular weight is 213 g/mol. The lowest BCUT2D eigenvalue weighted by atomic mass is 10.0. The van der Waals surface area contributed by atoms with Crippen molar-refractivity contribution in [1.82, 2.24) is 5.32 Å². The Morgan fingerprint density at radius 1 is 1.47 bits per heavy atom. The fraction of sp³-hybridized carbons (Fsp3) is 0.455. The van der Waals surface area contributed by atoms with Gasteiger partial charge >= 0.3 is 0 Å². The highest BCUT2D eigenvalue weighted by Gasteiger charge is 2.25. The summed E-state index contributed by atoms with van der Waals surface area (Å²) in [6, 6.07) is 3.35. The molecule has 82 valence electrons. The zero-order chi connectivity index (χ0) is 11.0. The van der Waals surface area contributed by atoms with Crippen LogP contribution in [0.2, 0.25) is 0 Å². The molecule has 1 aromatic carbocycles. The van der Waals surface area contributed by atoms with Crippen LogP contribution < -0.4 is 10.1 Å². The first-order chi connectivity index (χ1) is 7.13. The first kappa shape index (κ1) is 10.4. The van der Waals surface area contributed by atoms with Gasteiger partial charge in [-0.15, -0.1) is 0 Å². The molecule has 0 saturated heterocycles. The molecule has 1 atom stereocenters. The van der Waals surface area contributed by atoms with Crippen molar-refractivity contribution < 1.29 is 13.5 Å². The van der Waals surface area contributed by atoms with Crippen LogP contribution in [0.1, 0.15) is 29.2 Å². The molecule has 1 aliphatic rings. The molecule has 4 heteroatoms. The Hall–Kier alpha value is -1.16. The van der Waals surface area contributed by atoms with Crippen LogP contribution in [0.15, 0.2) is 12.1 Å². The van der Waals surface area contributed by atoms with Gasteiger partial charge in [0.05, 0.1) is 6.04 Å². The standard InChI is InChI=1S/C11H13F2NO/c1-6-3-8-9(14-2)5-15-10(8)4-7(6)11(12)13/h3-4,9,11,14H,5H2,1-2H3/t9-/m1/s1. The van der Waals surface area contributed by atoms with E-state index in [1.54, 1.807) is 13.0 Å². The molecule has 2 rings (SSSR count). The SMILES string of the molecule is CN[C@@H]1COc2cc(C(F)F)c(C)cc21. The molecule has 0 fully saturated rings. The van der Waals surface area contributed by atoms with Gasteiger partial charge in [0.1, 0.15) is 12.4 Å². The summed E-state index contributed by atoms with van der Waals surface area (Å²) >= 11 is 0. The number of halogens is 2. The predicted molar refractivity (Wildman–Crippen MR) is 53.4 cm³/mol. The van der Waals surface area contributed by atoms with Crippen molar-refractivity contribution in [3.05, 3.63) is 28.8 Å². The van der Waals surface area contributed by atoms with Gasteiger partial charge in [-0.25, -0.2) is 8.78 Å². The minimum atomic E-state index is -2.44. The van der Waals surface area contributed by atoms with E-state index in [4.69, 9.17) is 4.74 Å². The van der Waals surface area contributed by atoms with Crippen molar-refractivity contribution in [2.45, 2.75) is 19.4 Å². The number of hydrogen-bond acceptors (Lipinski definition) is 2. The first-order valence-electron chi connectivity index (χ1n) is 4.86. The van der Waals surface area contributed by atoms with E-state index in [0.29, 0.717) is 17.9 Å². The molecule has 0 saturated carbocycles. The molecular weight excluding hydrogens is 200 g/mol. The van der Waals surface area contributed by atoms with Crippen LogP contribution in [0.4, 0.5) is 8.78 Å². The number of fused-ring (bicyclic) bond motifs is 1. The second-order valence-electron chi connectivity index (χ2n) is 3.70. The van der Waals surface area contributed by atoms with Gasteiger partial charge in [0, 0.05) is 11.1 Å². The molecule has 1 aromatic rings. The maximum Gasteiger partial charge on any atom is 0.264 e. The molecular formula is C11H13F2NO. The minimum Gasteiger partial charge on any atom is -0.491 e. The highest BCUT2D eigenvalue weighted by atomic mass is 19.3. The summed E-state index contributed by atoms with van der Waals surface area (Å²) in [5, 5.41) is 3.08. The highest BCUT2D eigenvalue weighted by Crippen LogP contribution is 2.37. The van der Waals surface area contributed by atoms with E-state index in [-0.39, 0.29) is 11.6 Å². The van der Waals surface area contributed by atoms with Crippen LogP contribution >= 0.6 is 0 Å². The zero-order valence-electron chi connectivity index (χ0n) is 8.68. The topological polar surface area (TPSA) is 21.3 Å². The Kier molecular flexibility index (Phi) is 2.61. The Bertz CT molecular complexity index is 379. The number of aryl methyl sites for hydroxylation is 1. The second-order valence-corrected chi connectivity index (χ2v) is 3.70. The molecule has 1 aliphatic heterocycles. The summed E-state index contributed by atoms with van der Waals surface area (Å²) < 4.78 is 30.6. The van der Waals surface area contributed by atoms with Crippen molar-refractivity contribution in [2.24, 2.45) is 0 Å². The van der Waals surface area contributed by atoms with E-state index < -0.39 is 6.43 Å². The third-order valence-corrected chi connectivity index (χ3v) is 2.76. The van der Waals surface area contributed by atoms with E-state index in [1.807, 2.05) is 7.05 Å². The van der Waals surface area contributed by atoms with E-state index in [1.165, 1.54) is 6.07 Å². The molecule has 0 radical (unpaired) electrons. The number of hydrogen-bond donors (Lipinski definition) is 1. The van der Waals surface area contributed by atoms with Gasteiger partial charge in [0.2, 0.25) is 0 Å². The van der Waals surface area contributed by atoms with Crippen LogP contribution in [0.3, 0.4) is 0 Å². The van der Waals surface area contributed by atoms with Crippen LogP contribution in [0, 0.1) is 6.92 Å². The highest BCUT2D eigenvalue weighted by molar-refractivity contribution is 5.46. The van der Waals surface area contributed by atoms with Gasteiger partial charge in [-0.2, -0.15) is 0 Å². The van der Waals surface area contributed by atoms with Gasteiger partial charge in [-0.05, 0) is 25.6 Å². The molecule has 0 aliphatic carbocycles. The molecule has 0 aromatic heterocycles. The van der Waals surface area contributed by atoms with Gasteiger partial charge in [-0.1, -0.05) is 6.07 Å². The predicted octanol–water partition coefficient (Wildman–Crippen LogP) is 2.59. The Balaban J connectivity index is 2.45. The summed E-state index contributed by atoms with van der Waals surface area (Å²) in [6.45, 7) is 2.21. The third kappa shape index (κ3) is 1.69. The largest absolute Gasteiger partial charge is 0.491 e. The summed E-state index contributed by atoms with van der Waals surface area (Å²) in [4.78, 5) is 0. The molecule has 0 amide bonds. The zero-order valence-corrected chi connectivity index (χ0v) is 8.68. The molecule has 2 nitrogen and oxygen atoms in total. The van der Waals surface area contributed by atoms with Crippen molar-refractivity contribution >= 4 is 0 Å². The van der Waals surface area contributed by atoms with E-state index in [2.05, 4.69) is 5.32 Å². The fourth-order valence-corrected chi connectivity index (χ4v) is 1.86. The van der Waals surface area contributed by atoms with Crippen LogP contribution in [0.25, 0.3) is 0 Å². The maximum atomic E-state index is 12.6. The summed E-state index contributed by atoms with van der Waals surface area (Å²) in [7, 11) is 1.83. The average Bonchev–Trinajstić information content (AvgIpc) is 2.58. The van der Waals surface area contributed by atoms with Gasteiger partial charge < -0.3 is 10.1 Å². The van der Waals surface area contributed by atoms with Crippen molar-refractivity contribution in [2.75, 3.05) is 13.7 Å². The van der Waals surface area contributed by atoms with Gasteiger partial charge in [-0.3, -0.25) is 0 Å². The Morgan fingerprint density at radius 3 is 2.80 bits per heavy atom. The molecule has 1 N–H and O–H groups in total. The van der Waals surface area contributed by atoms with Crippen LogP contribution in [0.5, 0.6) is 5.75 Å². The lowest BCUT2D eigenvalue weighted by Crippen LogP contribution is -2.17. The molecule has 0 spiro atoms. The second kappa shape index (κ2) is 3.77. The Labute approximate surface area is 87.2 Å². The van der Waals surface area contributed by atoms with E-state index >= 15 is 0 Å². The number of alkyl halides is 2. The number of ether oxygens (including phenoxy) is 1. The van der Waals surface area contributed by atoms with Crippen molar-refractivity contribution in [3.63, 3.8) is 0 Å². The van der Waals surface area contributed by atoms with Crippen LogP contribution in [-0.4, -0.2) is 13.7 Å². The Morgan fingerprint density at radius 2 is 2.20 bits per heavy atom. The molecule has 15 heavy (non-hydrogen) atoms. The normalized spacial score (nSPS) is 19.1. The van der Waals surface area contributed by atoms with E-state index in [0.717, 1.165) is 5.56 Å². The minimum absolute atomic E-state index is 0.0607. The number of rotatable bonds is 2. The van der Waals surface area contributed by atoms with Crippen LogP contribution in [-0.2, 0) is 0 Å². The lowest BCUT2D eigenvalue weighted by molar-refractivity contribution is 0.150. The first-order valence-corrected chi connectivity index (χ1v) is 4.86. The summed E-state index contributed by atoms with van der Waals surface area (Å²) in [6.07, 6.45) is -2.44. The third-order valence-electron chi connectivity index (χ3n) is 2.76. The quantitative estimate of drug-likeness (QED) is 0.815. The van der Waals surface area contributed by atoms with Crippen molar-refractivity contribution in [3.8, 4) is 5.75 Å². The number of nitrogens with one attached hydrogen (secondary N) is 1. The smallest absolute Gasteiger partial charge is 0.264 e. The molecule has 0 bridgehead atoms. The number of likely N-dealkylation sites (N-methyl/N-ethyl adjacent to an activating group) is 1. The monoisotopic (exact) mass is 213 g/mol. The van der Waals surface area contributed by atoms with Gasteiger partial charge in [0.25, 0.3) is 6.43 Å². The number of benzene rings is 1. The molecule has 0 unspecified atom stereocenters. The fourth-order valence-electron chi connectivity index (χ4n) is 1.86. The van der Waals surface area contributed by atoms with Gasteiger partial charge in [0.15, 0.2) is 0 Å². The summed E-state index contributed by atoms with van der Waals surface area (Å²) in [5.74, 6) is 0.579. The molecule has 1 heterocycles.